The molecule has 0 aliphatic carbocycles. The molecule has 0 fully saturated rings. The fraction of sp³-hybridized carbons (Fsp3) is 0.300. The Hall–Kier alpha value is -2.82. The highest BCUT2D eigenvalue weighted by Gasteiger charge is 2.08. The van der Waals surface area contributed by atoms with Gasteiger partial charge in [0, 0.05) is 17.8 Å². The molecule has 0 aliphatic rings. The van der Waals surface area contributed by atoms with Gasteiger partial charge in [-0.15, -0.1) is 0 Å². The summed E-state index contributed by atoms with van der Waals surface area (Å²) in [6, 6.07) is 12.7. The second-order valence-corrected chi connectivity index (χ2v) is 5.94. The smallest absolute Gasteiger partial charge is 0.262 e. The minimum absolute atomic E-state index is 0.0664. The molecular formula is C20H24N2O3. The van der Waals surface area contributed by atoms with Gasteiger partial charge in [0.1, 0.15) is 5.75 Å². The summed E-state index contributed by atoms with van der Waals surface area (Å²) in [7, 11) is 0. The average Bonchev–Trinajstić information content (AvgIpc) is 2.61. The van der Waals surface area contributed by atoms with Crippen LogP contribution in [0.5, 0.6) is 5.75 Å². The molecule has 0 bridgehead atoms. The van der Waals surface area contributed by atoms with Crippen molar-refractivity contribution in [2.75, 3.05) is 18.5 Å². The molecule has 0 radical (unpaired) electrons. The molecule has 0 unspecified atom stereocenters. The zero-order valence-electron chi connectivity index (χ0n) is 14.9. The summed E-state index contributed by atoms with van der Waals surface area (Å²) in [5, 5.41) is 5.57. The van der Waals surface area contributed by atoms with Crippen molar-refractivity contribution >= 4 is 17.5 Å². The first-order valence-corrected chi connectivity index (χ1v) is 8.37. The van der Waals surface area contributed by atoms with Crippen molar-refractivity contribution in [3.05, 3.63) is 59.2 Å². The van der Waals surface area contributed by atoms with Gasteiger partial charge in [0.15, 0.2) is 6.61 Å². The fourth-order valence-electron chi connectivity index (χ4n) is 2.25. The monoisotopic (exact) mass is 340 g/mol. The molecule has 2 aromatic rings. The third kappa shape index (κ3) is 5.64. The predicted octanol–water partition coefficient (Wildman–Crippen LogP) is 3.46. The lowest BCUT2D eigenvalue weighted by molar-refractivity contribution is -0.118. The summed E-state index contributed by atoms with van der Waals surface area (Å²) >= 11 is 0. The maximum atomic E-state index is 12.0. The normalized spacial score (nSPS) is 10.2. The zero-order chi connectivity index (χ0) is 18.2. The van der Waals surface area contributed by atoms with E-state index in [9.17, 15) is 9.59 Å². The van der Waals surface area contributed by atoms with E-state index < -0.39 is 0 Å². The molecule has 5 heteroatoms. The quantitative estimate of drug-likeness (QED) is 0.811. The van der Waals surface area contributed by atoms with E-state index in [0.717, 1.165) is 17.5 Å². The molecule has 132 valence electrons. The number of anilines is 1. The van der Waals surface area contributed by atoms with Gasteiger partial charge in [0.05, 0.1) is 0 Å². The van der Waals surface area contributed by atoms with Gasteiger partial charge in [-0.25, -0.2) is 0 Å². The van der Waals surface area contributed by atoms with Crippen molar-refractivity contribution in [3.63, 3.8) is 0 Å². The number of ether oxygens (including phenoxy) is 1. The van der Waals surface area contributed by atoms with Crippen molar-refractivity contribution < 1.29 is 14.3 Å². The highest BCUT2D eigenvalue weighted by Crippen LogP contribution is 2.19. The number of nitrogens with one attached hydrogen (secondary N) is 2. The highest BCUT2D eigenvalue weighted by molar-refractivity contribution is 5.96. The molecule has 0 aromatic heterocycles. The predicted molar refractivity (Wildman–Crippen MR) is 99.1 cm³/mol. The summed E-state index contributed by atoms with van der Waals surface area (Å²) in [4.78, 5) is 23.9. The second kappa shape index (κ2) is 8.87. The Labute approximate surface area is 148 Å². The Bertz CT molecular complexity index is 739. The number of hydrogen-bond acceptors (Lipinski definition) is 3. The molecule has 0 saturated carbocycles. The van der Waals surface area contributed by atoms with E-state index in [1.54, 1.807) is 24.3 Å². The van der Waals surface area contributed by atoms with E-state index in [4.69, 9.17) is 4.74 Å². The molecule has 2 N–H and O–H groups in total. The molecular weight excluding hydrogens is 316 g/mol. The van der Waals surface area contributed by atoms with Crippen LogP contribution in [-0.2, 0) is 4.79 Å². The lowest BCUT2D eigenvalue weighted by Crippen LogP contribution is -2.24. The third-order valence-electron chi connectivity index (χ3n) is 3.67. The summed E-state index contributed by atoms with van der Waals surface area (Å²) in [6.07, 6.45) is 0.889. The van der Waals surface area contributed by atoms with Gasteiger partial charge >= 0.3 is 0 Å². The molecule has 5 nitrogen and oxygen atoms in total. The van der Waals surface area contributed by atoms with Crippen LogP contribution in [0.15, 0.2) is 42.5 Å². The van der Waals surface area contributed by atoms with Gasteiger partial charge in [0.2, 0.25) is 0 Å². The van der Waals surface area contributed by atoms with Crippen molar-refractivity contribution in [1.82, 2.24) is 5.32 Å². The van der Waals surface area contributed by atoms with E-state index in [2.05, 4.69) is 10.6 Å². The Kier molecular flexibility index (Phi) is 6.57. The Balaban J connectivity index is 1.88. The molecule has 0 aliphatic heterocycles. The summed E-state index contributed by atoms with van der Waals surface area (Å²) in [6.45, 7) is 6.49. The van der Waals surface area contributed by atoms with E-state index in [-0.39, 0.29) is 18.4 Å². The van der Waals surface area contributed by atoms with Crippen LogP contribution >= 0.6 is 0 Å². The number of rotatable bonds is 7. The van der Waals surface area contributed by atoms with E-state index >= 15 is 0 Å². The minimum Gasteiger partial charge on any atom is -0.483 e. The molecule has 2 aromatic carbocycles. The summed E-state index contributed by atoms with van der Waals surface area (Å²) < 4.78 is 5.58. The van der Waals surface area contributed by atoms with E-state index in [1.807, 2.05) is 39.0 Å². The minimum atomic E-state index is -0.246. The lowest BCUT2D eigenvalue weighted by atomic mass is 10.1. The number of hydrogen-bond donors (Lipinski definition) is 2. The second-order valence-electron chi connectivity index (χ2n) is 5.94. The molecule has 2 amide bonds. The standard InChI is InChI=1S/C20H24N2O3/c1-4-11-21-20(24)16-7-9-17(10-8-16)22-19(23)13-25-18-12-14(2)5-6-15(18)3/h5-10,12H,4,11,13H2,1-3H3,(H,21,24)(H,22,23). The van der Waals surface area contributed by atoms with Crippen molar-refractivity contribution in [2.24, 2.45) is 0 Å². The molecule has 0 heterocycles. The number of benzene rings is 2. The molecule has 0 atom stereocenters. The molecule has 2 rings (SSSR count). The summed E-state index contributed by atoms with van der Waals surface area (Å²) in [5.41, 5.74) is 3.26. The lowest BCUT2D eigenvalue weighted by Gasteiger charge is -2.10. The van der Waals surface area contributed by atoms with Crippen LogP contribution < -0.4 is 15.4 Å². The van der Waals surface area contributed by atoms with Gasteiger partial charge in [0.25, 0.3) is 11.8 Å². The first-order valence-electron chi connectivity index (χ1n) is 8.37. The third-order valence-corrected chi connectivity index (χ3v) is 3.67. The first-order chi connectivity index (χ1) is 12.0. The number of amides is 2. The van der Waals surface area contributed by atoms with Crippen molar-refractivity contribution in [2.45, 2.75) is 27.2 Å². The molecule has 25 heavy (non-hydrogen) atoms. The number of carbonyl (C=O) groups is 2. The maximum Gasteiger partial charge on any atom is 0.262 e. The molecule has 0 saturated heterocycles. The summed E-state index contributed by atoms with van der Waals surface area (Å²) in [5.74, 6) is 0.347. The van der Waals surface area contributed by atoms with Gasteiger partial charge in [-0.3, -0.25) is 9.59 Å². The topological polar surface area (TPSA) is 67.4 Å². The van der Waals surface area contributed by atoms with E-state index in [0.29, 0.717) is 23.5 Å². The first kappa shape index (κ1) is 18.5. The van der Waals surface area contributed by atoms with Crippen molar-refractivity contribution in [3.8, 4) is 5.75 Å². The van der Waals surface area contributed by atoms with Crippen LogP contribution in [0.4, 0.5) is 5.69 Å². The van der Waals surface area contributed by atoms with Crippen LogP contribution in [-0.4, -0.2) is 25.0 Å². The zero-order valence-corrected chi connectivity index (χ0v) is 14.9. The Morgan fingerprint density at radius 2 is 1.76 bits per heavy atom. The van der Waals surface area contributed by atoms with Gasteiger partial charge in [-0.05, 0) is 61.7 Å². The van der Waals surface area contributed by atoms with Gasteiger partial charge in [-0.1, -0.05) is 19.1 Å². The molecule has 0 spiro atoms. The van der Waals surface area contributed by atoms with Gasteiger partial charge in [-0.2, -0.15) is 0 Å². The number of aryl methyl sites for hydroxylation is 2. The van der Waals surface area contributed by atoms with Crippen LogP contribution in [0.25, 0.3) is 0 Å². The Morgan fingerprint density at radius 3 is 2.44 bits per heavy atom. The fourth-order valence-corrected chi connectivity index (χ4v) is 2.25. The highest BCUT2D eigenvalue weighted by atomic mass is 16.5. The van der Waals surface area contributed by atoms with Crippen LogP contribution in [0, 0.1) is 13.8 Å². The SMILES string of the molecule is CCCNC(=O)c1ccc(NC(=O)COc2cc(C)ccc2C)cc1. The van der Waals surface area contributed by atoms with Crippen LogP contribution in [0.3, 0.4) is 0 Å². The Morgan fingerprint density at radius 1 is 1.04 bits per heavy atom. The average molecular weight is 340 g/mol. The van der Waals surface area contributed by atoms with Gasteiger partial charge < -0.3 is 15.4 Å². The van der Waals surface area contributed by atoms with Crippen LogP contribution in [0.1, 0.15) is 34.8 Å². The van der Waals surface area contributed by atoms with Crippen molar-refractivity contribution in [1.29, 1.82) is 0 Å². The van der Waals surface area contributed by atoms with E-state index in [1.165, 1.54) is 0 Å². The van der Waals surface area contributed by atoms with Crippen LogP contribution in [0.2, 0.25) is 0 Å². The largest absolute Gasteiger partial charge is 0.483 e. The maximum absolute atomic E-state index is 12.0. The number of carbonyl (C=O) groups excluding carboxylic acids is 2.